The number of nitrogens with zero attached hydrogens (tertiary/aromatic N) is 2. The molecule has 2 aliphatic rings. The van der Waals surface area contributed by atoms with Crippen molar-refractivity contribution >= 4 is 23.4 Å². The molecule has 26 heavy (non-hydrogen) atoms. The predicted octanol–water partition coefficient (Wildman–Crippen LogP) is 2.90. The topological polar surface area (TPSA) is 62.3 Å². The highest BCUT2D eigenvalue weighted by atomic mass is 35.5. The first kappa shape index (κ1) is 17.0. The zero-order chi connectivity index (χ0) is 18.1. The molecule has 6 heteroatoms. The Kier molecular flexibility index (Phi) is 4.41. The number of carbonyl (C=O) groups excluding carboxylic acids is 2. The van der Waals surface area contributed by atoms with Gasteiger partial charge in [0.1, 0.15) is 0 Å². The first-order chi connectivity index (χ1) is 12.6. The van der Waals surface area contributed by atoms with Crippen molar-refractivity contribution in [2.24, 2.45) is 11.3 Å². The van der Waals surface area contributed by atoms with E-state index in [1.165, 1.54) is 0 Å². The minimum absolute atomic E-state index is 0.00681. The van der Waals surface area contributed by atoms with Crippen molar-refractivity contribution in [3.8, 4) is 0 Å². The molecule has 5 nitrogen and oxygen atoms in total. The van der Waals surface area contributed by atoms with Crippen LogP contribution in [0.3, 0.4) is 0 Å². The summed E-state index contributed by atoms with van der Waals surface area (Å²) in [5.74, 6) is 0.108. The fourth-order valence-corrected chi connectivity index (χ4v) is 3.95. The van der Waals surface area contributed by atoms with Crippen LogP contribution < -0.4 is 5.32 Å². The molecule has 0 bridgehead atoms. The lowest BCUT2D eigenvalue weighted by Crippen LogP contribution is -2.31. The highest BCUT2D eigenvalue weighted by Crippen LogP contribution is 2.58. The molecule has 1 spiro atoms. The number of rotatable bonds is 4. The number of benzene rings is 1. The zero-order valence-electron chi connectivity index (χ0n) is 14.3. The first-order valence-corrected chi connectivity index (χ1v) is 9.17. The maximum absolute atomic E-state index is 12.6. The van der Waals surface area contributed by atoms with E-state index in [2.05, 4.69) is 10.3 Å². The van der Waals surface area contributed by atoms with E-state index in [-0.39, 0.29) is 23.1 Å². The number of carbonyl (C=O) groups is 2. The molecule has 4 rings (SSSR count). The maximum Gasteiger partial charge on any atom is 0.253 e. The molecule has 134 valence electrons. The third-order valence-electron chi connectivity index (χ3n) is 5.49. The molecule has 2 atom stereocenters. The van der Waals surface area contributed by atoms with Gasteiger partial charge in [-0.1, -0.05) is 11.6 Å². The van der Waals surface area contributed by atoms with Crippen molar-refractivity contribution in [2.75, 3.05) is 13.1 Å². The van der Waals surface area contributed by atoms with Crippen LogP contribution in [-0.4, -0.2) is 34.8 Å². The van der Waals surface area contributed by atoms with Crippen molar-refractivity contribution in [3.05, 3.63) is 64.9 Å². The Morgan fingerprint density at radius 3 is 2.65 bits per heavy atom. The summed E-state index contributed by atoms with van der Waals surface area (Å²) in [6, 6.07) is 10.7. The van der Waals surface area contributed by atoms with Gasteiger partial charge in [-0.15, -0.1) is 0 Å². The highest BCUT2D eigenvalue weighted by molar-refractivity contribution is 6.30. The predicted molar refractivity (Wildman–Crippen MR) is 98.6 cm³/mol. The second-order valence-electron chi connectivity index (χ2n) is 7.18. The van der Waals surface area contributed by atoms with Crippen LogP contribution in [0.2, 0.25) is 5.02 Å². The molecule has 1 saturated carbocycles. The minimum Gasteiger partial charge on any atom is -0.352 e. The van der Waals surface area contributed by atoms with Gasteiger partial charge in [0.05, 0.1) is 0 Å². The maximum atomic E-state index is 12.6. The van der Waals surface area contributed by atoms with Crippen LogP contribution in [0.5, 0.6) is 0 Å². The van der Waals surface area contributed by atoms with E-state index < -0.39 is 0 Å². The van der Waals surface area contributed by atoms with Crippen LogP contribution in [0, 0.1) is 11.3 Å². The molecule has 1 aliphatic carbocycles. The van der Waals surface area contributed by atoms with E-state index in [1.54, 1.807) is 36.7 Å². The molecule has 1 aromatic heterocycles. The van der Waals surface area contributed by atoms with Gasteiger partial charge < -0.3 is 10.2 Å². The van der Waals surface area contributed by atoms with Gasteiger partial charge in [0.2, 0.25) is 5.91 Å². The van der Waals surface area contributed by atoms with Gasteiger partial charge in [-0.25, -0.2) is 0 Å². The largest absolute Gasteiger partial charge is 0.352 e. The van der Waals surface area contributed by atoms with Crippen LogP contribution >= 0.6 is 11.6 Å². The van der Waals surface area contributed by atoms with Gasteiger partial charge in [-0.2, -0.15) is 0 Å². The van der Waals surface area contributed by atoms with Crippen molar-refractivity contribution in [2.45, 2.75) is 19.4 Å². The van der Waals surface area contributed by atoms with Gasteiger partial charge in [-0.05, 0) is 54.8 Å². The first-order valence-electron chi connectivity index (χ1n) is 8.79. The van der Waals surface area contributed by atoms with Crippen LogP contribution in [0.4, 0.5) is 0 Å². The second-order valence-corrected chi connectivity index (χ2v) is 7.61. The monoisotopic (exact) mass is 369 g/mol. The average molecular weight is 370 g/mol. The summed E-state index contributed by atoms with van der Waals surface area (Å²) < 4.78 is 0. The summed E-state index contributed by atoms with van der Waals surface area (Å²) in [7, 11) is 0. The number of hydrogen-bond donors (Lipinski definition) is 1. The fourth-order valence-electron chi connectivity index (χ4n) is 3.83. The molecule has 0 radical (unpaired) electrons. The summed E-state index contributed by atoms with van der Waals surface area (Å²) in [5, 5.41) is 3.63. The molecule has 2 fully saturated rings. The SMILES string of the molecule is O=C(NCc1ccncc1)[C@H]1C[C@]12CCN(C(=O)c1ccc(Cl)cc1)C2. The Balaban J connectivity index is 1.33. The number of amides is 2. The van der Waals surface area contributed by atoms with Gasteiger partial charge in [0, 0.05) is 53.9 Å². The Bertz CT molecular complexity index is 825. The smallest absolute Gasteiger partial charge is 0.253 e. The van der Waals surface area contributed by atoms with E-state index in [9.17, 15) is 9.59 Å². The van der Waals surface area contributed by atoms with E-state index in [1.807, 2.05) is 17.0 Å². The lowest BCUT2D eigenvalue weighted by atomic mass is 10.0. The number of aromatic nitrogens is 1. The second kappa shape index (κ2) is 6.72. The lowest BCUT2D eigenvalue weighted by molar-refractivity contribution is -0.123. The van der Waals surface area contributed by atoms with Crippen LogP contribution in [0.15, 0.2) is 48.8 Å². The summed E-state index contributed by atoms with van der Waals surface area (Å²) in [5.41, 5.74) is 1.64. The average Bonchev–Trinajstić information content (AvgIpc) is 3.20. The number of nitrogens with one attached hydrogen (secondary N) is 1. The van der Waals surface area contributed by atoms with E-state index in [0.29, 0.717) is 30.2 Å². The third kappa shape index (κ3) is 3.31. The van der Waals surface area contributed by atoms with Crippen molar-refractivity contribution in [1.82, 2.24) is 15.2 Å². The third-order valence-corrected chi connectivity index (χ3v) is 5.74. The van der Waals surface area contributed by atoms with Crippen molar-refractivity contribution in [1.29, 1.82) is 0 Å². The molecule has 2 heterocycles. The lowest BCUT2D eigenvalue weighted by Gasteiger charge is -2.17. The number of likely N-dealkylation sites (tertiary alicyclic amines) is 1. The van der Waals surface area contributed by atoms with Crippen molar-refractivity contribution in [3.63, 3.8) is 0 Å². The summed E-state index contributed by atoms with van der Waals surface area (Å²) in [4.78, 5) is 31.0. The zero-order valence-corrected chi connectivity index (χ0v) is 15.1. The van der Waals surface area contributed by atoms with Gasteiger partial charge in [0.25, 0.3) is 5.91 Å². The van der Waals surface area contributed by atoms with E-state index in [4.69, 9.17) is 11.6 Å². The Morgan fingerprint density at radius 1 is 1.19 bits per heavy atom. The van der Waals surface area contributed by atoms with Gasteiger partial charge >= 0.3 is 0 Å². The highest BCUT2D eigenvalue weighted by Gasteiger charge is 2.61. The summed E-state index contributed by atoms with van der Waals surface area (Å²) >= 11 is 5.89. The number of halogens is 1. The number of hydrogen-bond acceptors (Lipinski definition) is 3. The normalized spacial score (nSPS) is 23.9. The molecule has 1 aliphatic heterocycles. The Labute approximate surface area is 157 Å². The summed E-state index contributed by atoms with van der Waals surface area (Å²) in [6.07, 6.45) is 5.19. The molecular weight excluding hydrogens is 350 g/mol. The van der Waals surface area contributed by atoms with E-state index >= 15 is 0 Å². The Hall–Kier alpha value is -2.40. The van der Waals surface area contributed by atoms with Crippen LogP contribution in [0.25, 0.3) is 0 Å². The molecular formula is C20H20ClN3O2. The Morgan fingerprint density at radius 2 is 1.92 bits per heavy atom. The van der Waals surface area contributed by atoms with Gasteiger partial charge in [0.15, 0.2) is 0 Å². The number of pyridine rings is 1. The standard InChI is InChI=1S/C20H20ClN3O2/c21-16-3-1-15(2-4-16)19(26)24-10-7-20(13-24)11-17(20)18(25)23-12-14-5-8-22-9-6-14/h1-6,8-9,17H,7,10-13H2,(H,23,25)/t17-,20+/m1/s1. The minimum atomic E-state index is -0.0373. The molecule has 2 amide bonds. The summed E-state index contributed by atoms with van der Waals surface area (Å²) in [6.45, 7) is 1.87. The van der Waals surface area contributed by atoms with Crippen LogP contribution in [-0.2, 0) is 11.3 Å². The van der Waals surface area contributed by atoms with Crippen LogP contribution in [0.1, 0.15) is 28.8 Å². The van der Waals surface area contributed by atoms with Crippen molar-refractivity contribution < 1.29 is 9.59 Å². The molecule has 0 unspecified atom stereocenters. The molecule has 1 saturated heterocycles. The van der Waals surface area contributed by atoms with Gasteiger partial charge in [-0.3, -0.25) is 14.6 Å². The quantitative estimate of drug-likeness (QED) is 0.901. The molecule has 1 aromatic carbocycles. The molecule has 2 aromatic rings. The molecule has 1 N–H and O–H groups in total. The van der Waals surface area contributed by atoms with E-state index in [0.717, 1.165) is 18.4 Å². The fraction of sp³-hybridized carbons (Fsp3) is 0.350.